The molecule has 0 saturated carbocycles. The maximum absolute atomic E-state index is 10.2. The highest BCUT2D eigenvalue weighted by molar-refractivity contribution is 6.32. The minimum absolute atomic E-state index is 0.0615. The summed E-state index contributed by atoms with van der Waals surface area (Å²) in [5.41, 5.74) is 1.42. The molecule has 1 atom stereocenters. The lowest BCUT2D eigenvalue weighted by molar-refractivity contribution is 0.433. The summed E-state index contributed by atoms with van der Waals surface area (Å²) in [6.45, 7) is 5.74. The van der Waals surface area contributed by atoms with Crippen LogP contribution in [0.4, 0.5) is 0 Å². The summed E-state index contributed by atoms with van der Waals surface area (Å²) >= 11 is 6.02. The minimum Gasteiger partial charge on any atom is -0.506 e. The molecule has 2 rings (SSSR count). The number of halogens is 1. The van der Waals surface area contributed by atoms with Crippen molar-refractivity contribution in [2.75, 3.05) is 13.1 Å². The van der Waals surface area contributed by atoms with E-state index in [1.165, 1.54) is 57.8 Å². The highest BCUT2D eigenvalue weighted by Gasteiger charge is 2.28. The van der Waals surface area contributed by atoms with Gasteiger partial charge in [-0.25, -0.2) is 5.01 Å². The summed E-state index contributed by atoms with van der Waals surface area (Å²) in [6.07, 6.45) is 13.1. The van der Waals surface area contributed by atoms with Gasteiger partial charge in [-0.3, -0.25) is 5.41 Å². The van der Waals surface area contributed by atoms with E-state index in [1.54, 1.807) is 11.1 Å². The van der Waals surface area contributed by atoms with Crippen molar-refractivity contribution in [3.8, 4) is 5.75 Å². The van der Waals surface area contributed by atoms with E-state index in [0.29, 0.717) is 23.1 Å². The molecule has 6 heteroatoms. The highest BCUT2D eigenvalue weighted by Crippen LogP contribution is 2.31. The second kappa shape index (κ2) is 12.7. The molecule has 1 aliphatic heterocycles. The zero-order valence-corrected chi connectivity index (χ0v) is 18.8. The Hall–Kier alpha value is -1.75. The molecule has 29 heavy (non-hydrogen) atoms. The zero-order valence-electron chi connectivity index (χ0n) is 18.0. The predicted molar refractivity (Wildman–Crippen MR) is 123 cm³/mol. The Balaban J connectivity index is 1.65. The summed E-state index contributed by atoms with van der Waals surface area (Å²) in [4.78, 5) is 0. The summed E-state index contributed by atoms with van der Waals surface area (Å²) in [5.74, 6) is 0.509. The largest absolute Gasteiger partial charge is 0.506 e. The van der Waals surface area contributed by atoms with E-state index in [1.807, 2.05) is 12.1 Å². The van der Waals surface area contributed by atoms with E-state index in [9.17, 15) is 5.11 Å². The molecule has 1 aromatic carbocycles. The number of guanidine groups is 1. The van der Waals surface area contributed by atoms with Crippen molar-refractivity contribution in [1.82, 2.24) is 10.3 Å². The molecule has 1 aliphatic rings. The number of para-hydroxylation sites is 1. The number of hydrogen-bond donors (Lipinski definition) is 3. The molecule has 0 radical (unpaired) electrons. The molecule has 0 spiro atoms. The first-order valence-corrected chi connectivity index (χ1v) is 11.6. The average molecular weight is 421 g/mol. The van der Waals surface area contributed by atoms with Crippen LogP contribution in [0.5, 0.6) is 5.75 Å². The first-order chi connectivity index (χ1) is 14.0. The standard InChI is InChI=1S/C23H37ClN4O/c1-3-4-5-6-7-8-9-10-11-12-16-26-23(25)28-17-18(2)21(27-28)19-14-13-15-20(24)22(19)29/h13-15,18,29H,3-12,16-17H2,1-2H3,(H2,25,26). The summed E-state index contributed by atoms with van der Waals surface area (Å²) in [5, 5.41) is 28.2. The molecular formula is C23H37ClN4O. The monoisotopic (exact) mass is 420 g/mol. The minimum atomic E-state index is 0.0615. The van der Waals surface area contributed by atoms with Gasteiger partial charge in [-0.1, -0.05) is 89.3 Å². The smallest absolute Gasteiger partial charge is 0.211 e. The van der Waals surface area contributed by atoms with Crippen molar-refractivity contribution in [3.63, 3.8) is 0 Å². The Morgan fingerprint density at radius 2 is 1.76 bits per heavy atom. The maximum atomic E-state index is 10.2. The van der Waals surface area contributed by atoms with Gasteiger partial charge in [-0.05, 0) is 18.6 Å². The molecule has 1 heterocycles. The fourth-order valence-corrected chi connectivity index (χ4v) is 3.88. The van der Waals surface area contributed by atoms with Crippen molar-refractivity contribution in [2.45, 2.75) is 78.1 Å². The van der Waals surface area contributed by atoms with E-state index < -0.39 is 0 Å². The number of rotatable bonds is 12. The van der Waals surface area contributed by atoms with Crippen molar-refractivity contribution in [1.29, 1.82) is 5.41 Å². The van der Waals surface area contributed by atoms with Crippen LogP contribution in [0.2, 0.25) is 5.02 Å². The Morgan fingerprint density at radius 3 is 2.41 bits per heavy atom. The number of nitrogens with one attached hydrogen (secondary N) is 2. The van der Waals surface area contributed by atoms with Crippen LogP contribution in [-0.2, 0) is 0 Å². The number of hydrazone groups is 1. The Bertz CT molecular complexity index is 677. The lowest BCUT2D eigenvalue weighted by Gasteiger charge is -2.16. The van der Waals surface area contributed by atoms with Crippen LogP contribution in [-0.4, -0.2) is 34.9 Å². The van der Waals surface area contributed by atoms with E-state index in [2.05, 4.69) is 24.3 Å². The van der Waals surface area contributed by atoms with E-state index in [0.717, 1.165) is 18.7 Å². The van der Waals surface area contributed by atoms with Gasteiger partial charge in [-0.2, -0.15) is 5.10 Å². The second-order valence-electron chi connectivity index (χ2n) is 8.06. The molecule has 0 bridgehead atoms. The number of unbranched alkanes of at least 4 members (excludes halogenated alkanes) is 9. The third-order valence-electron chi connectivity index (χ3n) is 5.49. The summed E-state index contributed by atoms with van der Waals surface area (Å²) < 4.78 is 0. The second-order valence-corrected chi connectivity index (χ2v) is 8.47. The summed E-state index contributed by atoms with van der Waals surface area (Å²) in [7, 11) is 0. The van der Waals surface area contributed by atoms with Gasteiger partial charge in [0, 0.05) is 18.0 Å². The van der Waals surface area contributed by atoms with Crippen LogP contribution in [0, 0.1) is 11.3 Å². The molecule has 5 nitrogen and oxygen atoms in total. The van der Waals surface area contributed by atoms with Gasteiger partial charge in [0.15, 0.2) is 0 Å². The van der Waals surface area contributed by atoms with E-state index in [4.69, 9.17) is 17.0 Å². The fourth-order valence-electron chi connectivity index (χ4n) is 3.71. The van der Waals surface area contributed by atoms with Crippen LogP contribution in [0.15, 0.2) is 23.3 Å². The molecule has 1 unspecified atom stereocenters. The van der Waals surface area contributed by atoms with E-state index >= 15 is 0 Å². The number of phenolic OH excluding ortho intramolecular Hbond substituents is 1. The Labute approximate surface area is 181 Å². The van der Waals surface area contributed by atoms with Gasteiger partial charge in [0.1, 0.15) is 5.75 Å². The predicted octanol–water partition coefficient (Wildman–Crippen LogP) is 6.15. The van der Waals surface area contributed by atoms with Crippen molar-refractivity contribution >= 4 is 23.3 Å². The molecule has 0 fully saturated rings. The van der Waals surface area contributed by atoms with Gasteiger partial charge in [0.05, 0.1) is 17.3 Å². The molecule has 1 aromatic rings. The maximum Gasteiger partial charge on any atom is 0.211 e. The molecular weight excluding hydrogens is 384 g/mol. The molecule has 3 N–H and O–H groups in total. The normalized spacial score (nSPS) is 16.2. The van der Waals surface area contributed by atoms with Gasteiger partial charge in [0.2, 0.25) is 5.96 Å². The number of nitrogens with zero attached hydrogens (tertiary/aromatic N) is 2. The molecule has 162 valence electrons. The van der Waals surface area contributed by atoms with E-state index in [-0.39, 0.29) is 11.7 Å². The molecule has 0 saturated heterocycles. The quantitative estimate of drug-likeness (QED) is 0.216. The van der Waals surface area contributed by atoms with Crippen LogP contribution >= 0.6 is 11.6 Å². The zero-order chi connectivity index (χ0) is 21.1. The van der Waals surface area contributed by atoms with Gasteiger partial charge in [0.25, 0.3) is 0 Å². The van der Waals surface area contributed by atoms with Gasteiger partial charge >= 0.3 is 0 Å². The number of benzene rings is 1. The lowest BCUT2D eigenvalue weighted by Crippen LogP contribution is -2.37. The first-order valence-electron chi connectivity index (χ1n) is 11.2. The van der Waals surface area contributed by atoms with Crippen LogP contribution in [0.25, 0.3) is 0 Å². The highest BCUT2D eigenvalue weighted by atomic mass is 35.5. The number of hydrogen-bond acceptors (Lipinski definition) is 3. The number of aromatic hydroxyl groups is 1. The average Bonchev–Trinajstić information content (AvgIpc) is 3.09. The lowest BCUT2D eigenvalue weighted by atomic mass is 9.99. The molecule has 0 amide bonds. The van der Waals surface area contributed by atoms with Crippen LogP contribution in [0.3, 0.4) is 0 Å². The third-order valence-corrected chi connectivity index (χ3v) is 5.79. The van der Waals surface area contributed by atoms with Crippen molar-refractivity contribution < 1.29 is 5.11 Å². The van der Waals surface area contributed by atoms with Crippen LogP contribution in [0.1, 0.15) is 83.6 Å². The van der Waals surface area contributed by atoms with Crippen molar-refractivity contribution in [2.24, 2.45) is 11.0 Å². The Morgan fingerprint density at radius 1 is 1.14 bits per heavy atom. The fraction of sp³-hybridized carbons (Fsp3) is 0.652. The third kappa shape index (κ3) is 7.54. The topological polar surface area (TPSA) is 71.7 Å². The first kappa shape index (κ1) is 23.5. The van der Waals surface area contributed by atoms with Gasteiger partial charge < -0.3 is 10.4 Å². The SMILES string of the molecule is CCCCCCCCCCCCNC(=N)N1CC(C)C(c2cccc(Cl)c2O)=N1. The summed E-state index contributed by atoms with van der Waals surface area (Å²) in [6, 6.07) is 5.29. The van der Waals surface area contributed by atoms with Crippen molar-refractivity contribution in [3.05, 3.63) is 28.8 Å². The Kier molecular flexibility index (Phi) is 10.3. The van der Waals surface area contributed by atoms with Gasteiger partial charge in [-0.15, -0.1) is 0 Å². The molecule has 0 aliphatic carbocycles. The number of phenols is 1. The van der Waals surface area contributed by atoms with Crippen LogP contribution < -0.4 is 5.32 Å². The molecule has 0 aromatic heterocycles.